The van der Waals surface area contributed by atoms with Gasteiger partial charge >= 0.3 is 6.03 Å². The largest absolute Gasteiger partial charge is 0.497 e. The lowest BCUT2D eigenvalue weighted by Gasteiger charge is -2.11. The summed E-state index contributed by atoms with van der Waals surface area (Å²) in [6.07, 6.45) is 1.87. The van der Waals surface area contributed by atoms with E-state index in [0.717, 1.165) is 23.4 Å². The van der Waals surface area contributed by atoms with E-state index >= 15 is 0 Å². The first kappa shape index (κ1) is 19.2. The summed E-state index contributed by atoms with van der Waals surface area (Å²) in [7, 11) is 6.07. The van der Waals surface area contributed by atoms with E-state index in [4.69, 9.17) is 9.47 Å². The molecule has 0 spiro atoms. The van der Waals surface area contributed by atoms with Gasteiger partial charge in [-0.2, -0.15) is 0 Å². The third-order valence-corrected chi connectivity index (χ3v) is 6.16. The maximum Gasteiger partial charge on any atom is 0.319 e. The van der Waals surface area contributed by atoms with Gasteiger partial charge in [0, 0.05) is 18.0 Å². The number of urea groups is 1. The molecule has 0 saturated carbocycles. The predicted molar refractivity (Wildman–Crippen MR) is 109 cm³/mol. The van der Waals surface area contributed by atoms with Crippen LogP contribution < -0.4 is 25.7 Å². The lowest BCUT2D eigenvalue weighted by Crippen LogP contribution is -2.31. The second kappa shape index (κ2) is 8.45. The summed E-state index contributed by atoms with van der Waals surface area (Å²) in [6, 6.07) is 4.89. The summed E-state index contributed by atoms with van der Waals surface area (Å²) >= 11 is 0. The van der Waals surface area contributed by atoms with Crippen LogP contribution in [0.15, 0.2) is 28.4 Å². The van der Waals surface area contributed by atoms with Gasteiger partial charge in [0.05, 0.1) is 30.5 Å². The topological polar surface area (TPSA) is 81.6 Å². The number of fused-ring (bicyclic) bond motifs is 1. The Hall–Kier alpha value is -2.52. The molecule has 9 heteroatoms. The van der Waals surface area contributed by atoms with Crippen molar-refractivity contribution in [2.45, 2.75) is 19.8 Å². The second-order valence-electron chi connectivity index (χ2n) is 5.80. The Balaban J connectivity index is 2.01. The van der Waals surface area contributed by atoms with Crippen molar-refractivity contribution >= 4 is 32.4 Å². The van der Waals surface area contributed by atoms with Crippen molar-refractivity contribution in [3.63, 3.8) is 0 Å². The molecule has 0 atom stereocenters. The number of carbonyl (C=O) groups excluding carboxylic acids is 1. The average Bonchev–Trinajstić information content (AvgIpc) is 3.24. The monoisotopic (exact) mass is 407 g/mol. The zero-order chi connectivity index (χ0) is 19.4. The summed E-state index contributed by atoms with van der Waals surface area (Å²) in [6.45, 7) is 2.62. The van der Waals surface area contributed by atoms with Crippen molar-refractivity contribution in [3.05, 3.63) is 33.9 Å². The molecule has 0 aliphatic carbocycles. The SMILES string of the molecule is CCCCNC(=O)Nc1c2sscc-2n(-c2ccc(OC)cc2OC)c1=O. The summed E-state index contributed by atoms with van der Waals surface area (Å²) in [5.41, 5.74) is 1.32. The fourth-order valence-corrected chi connectivity index (χ4v) is 4.91. The maximum absolute atomic E-state index is 13.1. The number of hydrogen-bond donors (Lipinski definition) is 2. The number of amides is 2. The second-order valence-corrected chi connectivity index (χ2v) is 7.88. The highest BCUT2D eigenvalue weighted by Gasteiger charge is 2.26. The van der Waals surface area contributed by atoms with Crippen LogP contribution in [0.1, 0.15) is 19.8 Å². The number of rotatable bonds is 7. The van der Waals surface area contributed by atoms with Gasteiger partial charge in [0.2, 0.25) is 0 Å². The van der Waals surface area contributed by atoms with Gasteiger partial charge < -0.3 is 20.1 Å². The van der Waals surface area contributed by atoms with E-state index in [-0.39, 0.29) is 17.3 Å². The molecule has 2 aliphatic heterocycles. The molecule has 0 aromatic heterocycles. The molecule has 2 N–H and O–H groups in total. The summed E-state index contributed by atoms with van der Waals surface area (Å²) in [5, 5.41) is 7.38. The lowest BCUT2D eigenvalue weighted by atomic mass is 10.2. The molecular weight excluding hydrogens is 386 g/mol. The van der Waals surface area contributed by atoms with Gasteiger partial charge in [-0.3, -0.25) is 9.36 Å². The number of nitrogens with one attached hydrogen (secondary N) is 2. The van der Waals surface area contributed by atoms with Crippen molar-refractivity contribution in [2.24, 2.45) is 0 Å². The number of nitrogens with zero attached hydrogens (tertiary/aromatic N) is 1. The zero-order valence-electron chi connectivity index (χ0n) is 15.3. The van der Waals surface area contributed by atoms with Gasteiger partial charge in [0.25, 0.3) is 5.56 Å². The van der Waals surface area contributed by atoms with Gasteiger partial charge in [-0.15, -0.1) is 0 Å². The molecule has 1 aromatic carbocycles. The van der Waals surface area contributed by atoms with Crippen molar-refractivity contribution < 1.29 is 14.3 Å². The van der Waals surface area contributed by atoms with Crippen LogP contribution in [0.4, 0.5) is 10.5 Å². The highest BCUT2D eigenvalue weighted by molar-refractivity contribution is 7.70. The predicted octanol–water partition coefficient (Wildman–Crippen LogP) is 4.00. The number of hydrogen-bond acceptors (Lipinski definition) is 6. The van der Waals surface area contributed by atoms with E-state index in [9.17, 15) is 9.59 Å². The number of ether oxygens (including phenoxy) is 2. The van der Waals surface area contributed by atoms with Crippen LogP contribution in [0.5, 0.6) is 11.5 Å². The van der Waals surface area contributed by atoms with Crippen LogP contribution >= 0.6 is 20.7 Å². The summed E-state index contributed by atoms with van der Waals surface area (Å²) in [5.74, 6) is 1.15. The molecule has 1 aromatic rings. The Kier molecular flexibility index (Phi) is 6.02. The number of aromatic nitrogens is 1. The van der Waals surface area contributed by atoms with Crippen LogP contribution in [0, 0.1) is 0 Å². The number of anilines is 1. The molecular formula is C18H21N3O4S2. The van der Waals surface area contributed by atoms with Crippen LogP contribution in [0.3, 0.4) is 0 Å². The molecule has 0 radical (unpaired) electrons. The third-order valence-electron chi connectivity index (χ3n) is 4.09. The lowest BCUT2D eigenvalue weighted by molar-refractivity contribution is 0.252. The molecule has 0 saturated heterocycles. The number of methoxy groups -OCH3 is 2. The maximum atomic E-state index is 13.1. The number of unbranched alkanes of at least 4 members (excludes halogenated alkanes) is 1. The van der Waals surface area contributed by atoms with E-state index in [1.54, 1.807) is 37.0 Å². The first-order chi connectivity index (χ1) is 13.1. The van der Waals surface area contributed by atoms with Gasteiger partial charge in [0.1, 0.15) is 17.2 Å². The van der Waals surface area contributed by atoms with Gasteiger partial charge in [-0.25, -0.2) is 4.79 Å². The molecule has 7 nitrogen and oxygen atoms in total. The minimum absolute atomic E-state index is 0.281. The minimum atomic E-state index is -0.375. The molecule has 3 rings (SSSR count). The van der Waals surface area contributed by atoms with Crippen molar-refractivity contribution in [1.29, 1.82) is 0 Å². The molecule has 0 unspecified atom stereocenters. The highest BCUT2D eigenvalue weighted by atomic mass is 32.9. The molecule has 0 bridgehead atoms. The molecule has 2 amide bonds. The van der Waals surface area contributed by atoms with Gasteiger partial charge in [-0.05, 0) is 18.6 Å². The van der Waals surface area contributed by atoms with Crippen LogP contribution in [0.2, 0.25) is 0 Å². The molecule has 2 aliphatic rings. The smallest absolute Gasteiger partial charge is 0.319 e. The average molecular weight is 408 g/mol. The number of carbonyl (C=O) groups is 1. The fourth-order valence-electron chi connectivity index (χ4n) is 2.71. The molecule has 27 heavy (non-hydrogen) atoms. The minimum Gasteiger partial charge on any atom is -0.497 e. The van der Waals surface area contributed by atoms with Crippen molar-refractivity contribution in [2.75, 3.05) is 26.1 Å². The Morgan fingerprint density at radius 3 is 2.78 bits per heavy atom. The normalized spacial score (nSPS) is 10.8. The van der Waals surface area contributed by atoms with E-state index in [1.807, 2.05) is 12.3 Å². The van der Waals surface area contributed by atoms with Crippen LogP contribution in [-0.2, 0) is 0 Å². The molecule has 144 valence electrons. The first-order valence-electron chi connectivity index (χ1n) is 8.50. The fraction of sp³-hybridized carbons (Fsp3) is 0.333. The Morgan fingerprint density at radius 1 is 1.26 bits per heavy atom. The summed E-state index contributed by atoms with van der Waals surface area (Å²) < 4.78 is 12.2. The Labute approximate surface area is 164 Å². The molecule has 2 heterocycles. The number of benzene rings is 1. The van der Waals surface area contributed by atoms with E-state index in [2.05, 4.69) is 10.6 Å². The zero-order valence-corrected chi connectivity index (χ0v) is 17.0. The van der Waals surface area contributed by atoms with Crippen LogP contribution in [0.25, 0.3) is 16.3 Å². The van der Waals surface area contributed by atoms with Crippen molar-refractivity contribution in [1.82, 2.24) is 9.88 Å². The van der Waals surface area contributed by atoms with E-state index in [1.165, 1.54) is 20.7 Å². The third kappa shape index (κ3) is 3.79. The highest BCUT2D eigenvalue weighted by Crippen LogP contribution is 2.40. The standard InChI is InChI=1S/C18H21N3O4S2/c1-4-5-8-19-18(23)20-15-16-13(10-26-27-16)21(17(15)22)12-7-6-11(24-2)9-14(12)25-3/h6-7,9-10H,4-5,8H2,1-3H3,(H2,19,20,23). The first-order valence-corrected chi connectivity index (χ1v) is 10.7. The van der Waals surface area contributed by atoms with E-state index < -0.39 is 0 Å². The quantitative estimate of drug-likeness (QED) is 0.458. The van der Waals surface area contributed by atoms with Crippen molar-refractivity contribution in [3.8, 4) is 27.8 Å². The Morgan fingerprint density at radius 2 is 2.07 bits per heavy atom. The van der Waals surface area contributed by atoms with Gasteiger partial charge in [-0.1, -0.05) is 34.0 Å². The van der Waals surface area contributed by atoms with E-state index in [0.29, 0.717) is 23.7 Å². The van der Waals surface area contributed by atoms with Crippen LogP contribution in [-0.4, -0.2) is 31.4 Å². The molecule has 0 fully saturated rings. The van der Waals surface area contributed by atoms with Gasteiger partial charge in [0.15, 0.2) is 0 Å². The Bertz CT molecular complexity index is 960. The summed E-state index contributed by atoms with van der Waals surface area (Å²) in [4.78, 5) is 26.0.